The van der Waals surface area contributed by atoms with Gasteiger partial charge in [0.25, 0.3) is 0 Å². The van der Waals surface area contributed by atoms with Crippen molar-refractivity contribution in [3.8, 4) is 0 Å². The van der Waals surface area contributed by atoms with Gasteiger partial charge in [-0.25, -0.2) is 0 Å². The van der Waals surface area contributed by atoms with Gasteiger partial charge < -0.3 is 11.1 Å². The van der Waals surface area contributed by atoms with Crippen LogP contribution in [-0.4, -0.2) is 18.5 Å². The Balaban J connectivity index is 1.61. The van der Waals surface area contributed by atoms with Crippen LogP contribution >= 0.6 is 0 Å². The van der Waals surface area contributed by atoms with E-state index in [2.05, 4.69) is 5.32 Å². The molecule has 4 aliphatic rings. The number of amides is 1. The molecule has 0 aromatic heterocycles. The van der Waals surface area contributed by atoms with Crippen molar-refractivity contribution in [1.29, 1.82) is 0 Å². The molecule has 0 aromatic rings. The summed E-state index contributed by atoms with van der Waals surface area (Å²) in [4.78, 5) is 11.8. The number of carbonyl (C=O) groups excluding carboxylic acids is 1. The number of carbonyl (C=O) groups is 1. The summed E-state index contributed by atoms with van der Waals surface area (Å²) in [5, 5.41) is 3.13. The Bertz CT molecular complexity index is 304. The average molecular weight is 250 g/mol. The Hall–Kier alpha value is -0.570. The van der Waals surface area contributed by atoms with E-state index in [1.54, 1.807) is 0 Å². The quantitative estimate of drug-likeness (QED) is 0.802. The molecule has 1 amide bonds. The van der Waals surface area contributed by atoms with Crippen LogP contribution in [0.5, 0.6) is 0 Å². The molecule has 0 saturated heterocycles. The summed E-state index contributed by atoms with van der Waals surface area (Å²) in [6.07, 6.45) is 9.15. The van der Waals surface area contributed by atoms with Gasteiger partial charge in [0.2, 0.25) is 5.91 Å². The van der Waals surface area contributed by atoms with E-state index in [1.807, 2.05) is 6.92 Å². The summed E-state index contributed by atoms with van der Waals surface area (Å²) in [7, 11) is 0. The van der Waals surface area contributed by atoms with Crippen LogP contribution in [0.3, 0.4) is 0 Å². The second kappa shape index (κ2) is 4.52. The largest absolute Gasteiger partial charge is 0.354 e. The number of hydrogen-bond acceptors (Lipinski definition) is 2. The first-order valence-corrected chi connectivity index (χ1v) is 7.63. The van der Waals surface area contributed by atoms with Crippen molar-refractivity contribution in [3.63, 3.8) is 0 Å². The highest BCUT2D eigenvalue weighted by molar-refractivity contribution is 5.81. The van der Waals surface area contributed by atoms with E-state index in [4.69, 9.17) is 5.73 Å². The predicted octanol–water partition coefficient (Wildman–Crippen LogP) is 2.06. The zero-order chi connectivity index (χ0) is 12.8. The second-order valence-corrected chi connectivity index (χ2v) is 7.15. The van der Waals surface area contributed by atoms with E-state index in [-0.39, 0.29) is 11.9 Å². The lowest BCUT2D eigenvalue weighted by Crippen LogP contribution is -2.52. The van der Waals surface area contributed by atoms with Crippen LogP contribution in [0.2, 0.25) is 0 Å². The average Bonchev–Trinajstić information content (AvgIpc) is 2.33. The monoisotopic (exact) mass is 250 g/mol. The van der Waals surface area contributed by atoms with Crippen LogP contribution in [-0.2, 0) is 4.79 Å². The van der Waals surface area contributed by atoms with Crippen molar-refractivity contribution >= 4 is 5.91 Å². The summed E-state index contributed by atoms with van der Waals surface area (Å²) in [6.45, 7) is 2.85. The number of hydrogen-bond donors (Lipinski definition) is 2. The van der Waals surface area contributed by atoms with E-state index in [0.717, 1.165) is 30.7 Å². The third-order valence-corrected chi connectivity index (χ3v) is 5.58. The molecule has 3 N–H and O–H groups in total. The standard InChI is InChI=1S/C15H26N2O/c1-2-13(16)14(18)17-9-15-6-10-3-11(7-15)5-12(4-10)8-15/h10-13H,2-9,16H2,1H3,(H,17,18)/t10?,11?,12?,13-,15?/m0/s1. The molecular weight excluding hydrogens is 224 g/mol. The first kappa shape index (κ1) is 12.5. The fourth-order valence-corrected chi connectivity index (χ4v) is 5.10. The number of rotatable bonds is 4. The maximum absolute atomic E-state index is 11.8. The normalized spacial score (nSPS) is 42.9. The lowest BCUT2D eigenvalue weighted by atomic mass is 9.49. The van der Waals surface area contributed by atoms with Gasteiger partial charge in [0.15, 0.2) is 0 Å². The molecule has 0 radical (unpaired) electrons. The van der Waals surface area contributed by atoms with Crippen LogP contribution in [0.15, 0.2) is 0 Å². The van der Waals surface area contributed by atoms with E-state index in [1.165, 1.54) is 38.5 Å². The molecule has 0 aliphatic heterocycles. The first-order valence-electron chi connectivity index (χ1n) is 7.63. The molecule has 0 aromatic carbocycles. The maximum Gasteiger partial charge on any atom is 0.236 e. The highest BCUT2D eigenvalue weighted by Gasteiger charge is 2.50. The van der Waals surface area contributed by atoms with Crippen LogP contribution in [0, 0.1) is 23.2 Å². The van der Waals surface area contributed by atoms with Gasteiger partial charge in [0.1, 0.15) is 0 Å². The smallest absolute Gasteiger partial charge is 0.236 e. The SMILES string of the molecule is CC[C@H](N)C(=O)NCC12CC3CC(CC(C3)C1)C2. The van der Waals surface area contributed by atoms with Gasteiger partial charge in [0, 0.05) is 6.54 Å². The molecule has 0 unspecified atom stereocenters. The molecule has 4 saturated carbocycles. The van der Waals surface area contributed by atoms with Crippen molar-refractivity contribution in [3.05, 3.63) is 0 Å². The summed E-state index contributed by atoms with van der Waals surface area (Å²) >= 11 is 0. The summed E-state index contributed by atoms with van der Waals surface area (Å²) in [5.74, 6) is 2.90. The van der Waals surface area contributed by atoms with E-state index in [0.29, 0.717) is 5.41 Å². The molecule has 18 heavy (non-hydrogen) atoms. The Labute approximate surface area is 110 Å². The van der Waals surface area contributed by atoms with Crippen molar-refractivity contribution in [2.24, 2.45) is 28.9 Å². The fraction of sp³-hybridized carbons (Fsp3) is 0.933. The number of nitrogens with one attached hydrogen (secondary N) is 1. The molecule has 4 rings (SSSR count). The summed E-state index contributed by atoms with van der Waals surface area (Å²) < 4.78 is 0. The Morgan fingerprint density at radius 3 is 2.17 bits per heavy atom. The zero-order valence-electron chi connectivity index (χ0n) is 11.5. The Morgan fingerprint density at radius 2 is 1.72 bits per heavy atom. The summed E-state index contributed by atoms with van der Waals surface area (Å²) in [6, 6.07) is -0.320. The van der Waals surface area contributed by atoms with Gasteiger partial charge in [-0.3, -0.25) is 4.79 Å². The first-order chi connectivity index (χ1) is 8.60. The highest BCUT2D eigenvalue weighted by atomic mass is 16.2. The second-order valence-electron chi connectivity index (χ2n) is 7.15. The predicted molar refractivity (Wildman–Crippen MR) is 71.9 cm³/mol. The fourth-order valence-electron chi connectivity index (χ4n) is 5.10. The van der Waals surface area contributed by atoms with Gasteiger partial charge in [-0.05, 0) is 68.1 Å². The van der Waals surface area contributed by atoms with Crippen molar-refractivity contribution in [2.45, 2.75) is 57.9 Å². The molecule has 4 aliphatic carbocycles. The molecule has 0 spiro atoms. The van der Waals surface area contributed by atoms with Crippen LogP contribution < -0.4 is 11.1 Å². The number of nitrogens with two attached hydrogens (primary N) is 1. The topological polar surface area (TPSA) is 55.1 Å². The van der Waals surface area contributed by atoms with E-state index in [9.17, 15) is 4.79 Å². The van der Waals surface area contributed by atoms with Crippen LogP contribution in [0.25, 0.3) is 0 Å². The minimum Gasteiger partial charge on any atom is -0.354 e. The Kier molecular flexibility index (Phi) is 3.13. The van der Waals surface area contributed by atoms with Gasteiger partial charge in [-0.2, -0.15) is 0 Å². The molecular formula is C15H26N2O. The van der Waals surface area contributed by atoms with Crippen LogP contribution in [0.4, 0.5) is 0 Å². The van der Waals surface area contributed by atoms with Crippen molar-refractivity contribution in [1.82, 2.24) is 5.32 Å². The van der Waals surface area contributed by atoms with Gasteiger partial charge in [0.05, 0.1) is 6.04 Å². The van der Waals surface area contributed by atoms with Gasteiger partial charge in [-0.15, -0.1) is 0 Å². The molecule has 3 nitrogen and oxygen atoms in total. The molecule has 4 bridgehead atoms. The van der Waals surface area contributed by atoms with Crippen molar-refractivity contribution < 1.29 is 4.79 Å². The third-order valence-electron chi connectivity index (χ3n) is 5.58. The lowest BCUT2D eigenvalue weighted by molar-refractivity contribution is -0.124. The minimum atomic E-state index is -0.320. The molecule has 4 fully saturated rings. The third kappa shape index (κ3) is 2.18. The van der Waals surface area contributed by atoms with Crippen LogP contribution in [0.1, 0.15) is 51.9 Å². The van der Waals surface area contributed by atoms with Gasteiger partial charge in [-0.1, -0.05) is 6.92 Å². The summed E-state index contributed by atoms with van der Waals surface area (Å²) in [5.41, 5.74) is 6.21. The highest BCUT2D eigenvalue weighted by Crippen LogP contribution is 2.59. The molecule has 0 heterocycles. The minimum absolute atomic E-state index is 0.0493. The Morgan fingerprint density at radius 1 is 1.22 bits per heavy atom. The molecule has 102 valence electrons. The van der Waals surface area contributed by atoms with E-state index < -0.39 is 0 Å². The lowest BCUT2D eigenvalue weighted by Gasteiger charge is -2.57. The zero-order valence-corrected chi connectivity index (χ0v) is 11.5. The van der Waals surface area contributed by atoms with Gasteiger partial charge >= 0.3 is 0 Å². The maximum atomic E-state index is 11.8. The van der Waals surface area contributed by atoms with E-state index >= 15 is 0 Å². The van der Waals surface area contributed by atoms with Crippen molar-refractivity contribution in [2.75, 3.05) is 6.54 Å². The molecule has 1 atom stereocenters. The molecule has 3 heteroatoms.